The second-order valence-corrected chi connectivity index (χ2v) is 4.48. The van der Waals surface area contributed by atoms with Gasteiger partial charge in [0.15, 0.2) is 0 Å². The monoisotopic (exact) mass is 273 g/mol. The van der Waals surface area contributed by atoms with Crippen molar-refractivity contribution in [2.24, 2.45) is 0 Å². The van der Waals surface area contributed by atoms with E-state index < -0.39 is 0 Å². The second-order valence-electron chi connectivity index (χ2n) is 4.48. The summed E-state index contributed by atoms with van der Waals surface area (Å²) in [6.45, 7) is 0.431. The second kappa shape index (κ2) is 6.19. The highest BCUT2D eigenvalue weighted by atomic mass is 19.1. The van der Waals surface area contributed by atoms with Gasteiger partial charge in [-0.15, -0.1) is 0 Å². The van der Waals surface area contributed by atoms with E-state index in [1.807, 2.05) is 24.3 Å². The molecule has 2 aromatic carbocycles. The molecule has 0 aliphatic rings. The van der Waals surface area contributed by atoms with Crippen molar-refractivity contribution in [3.05, 3.63) is 65.5 Å². The number of rotatable bonds is 4. The molecule has 0 saturated heterocycles. The van der Waals surface area contributed by atoms with Crippen molar-refractivity contribution in [1.82, 2.24) is 4.90 Å². The van der Waals surface area contributed by atoms with Gasteiger partial charge in [0.25, 0.3) is 5.91 Å². The number of benzene rings is 2. The van der Waals surface area contributed by atoms with Crippen LogP contribution in [0.1, 0.15) is 15.9 Å². The van der Waals surface area contributed by atoms with Crippen LogP contribution < -0.4 is 4.74 Å². The zero-order valence-corrected chi connectivity index (χ0v) is 11.5. The van der Waals surface area contributed by atoms with Crippen molar-refractivity contribution in [2.75, 3.05) is 14.2 Å². The first kappa shape index (κ1) is 14.1. The molecular weight excluding hydrogens is 257 g/mol. The molecule has 20 heavy (non-hydrogen) atoms. The molecule has 0 bridgehead atoms. The number of amides is 1. The molecule has 0 heterocycles. The molecule has 2 aromatic rings. The van der Waals surface area contributed by atoms with Crippen molar-refractivity contribution < 1.29 is 13.9 Å². The number of ether oxygens (including phenoxy) is 1. The molecule has 3 nitrogen and oxygen atoms in total. The minimum absolute atomic E-state index is 0.157. The number of hydrogen-bond donors (Lipinski definition) is 0. The predicted octanol–water partition coefficient (Wildman–Crippen LogP) is 3.11. The first-order valence-corrected chi connectivity index (χ1v) is 6.24. The topological polar surface area (TPSA) is 29.5 Å². The van der Waals surface area contributed by atoms with Crippen molar-refractivity contribution >= 4 is 5.91 Å². The minimum Gasteiger partial charge on any atom is -0.496 e. The van der Waals surface area contributed by atoms with E-state index >= 15 is 0 Å². The summed E-state index contributed by atoms with van der Waals surface area (Å²) in [7, 11) is 3.30. The van der Waals surface area contributed by atoms with Crippen LogP contribution >= 0.6 is 0 Å². The third-order valence-electron chi connectivity index (χ3n) is 3.04. The highest BCUT2D eigenvalue weighted by Crippen LogP contribution is 2.19. The maximum atomic E-state index is 12.9. The van der Waals surface area contributed by atoms with Gasteiger partial charge in [-0.1, -0.05) is 18.2 Å². The van der Waals surface area contributed by atoms with Crippen LogP contribution in [0.25, 0.3) is 0 Å². The Bertz CT molecular complexity index is 596. The van der Waals surface area contributed by atoms with Crippen LogP contribution in [0.15, 0.2) is 48.5 Å². The molecule has 0 aromatic heterocycles. The van der Waals surface area contributed by atoms with Crippen LogP contribution in [0.5, 0.6) is 5.75 Å². The van der Waals surface area contributed by atoms with Gasteiger partial charge in [-0.25, -0.2) is 4.39 Å². The first-order chi connectivity index (χ1) is 9.61. The molecule has 0 saturated carbocycles. The lowest BCUT2D eigenvalue weighted by Gasteiger charge is -2.18. The summed E-state index contributed by atoms with van der Waals surface area (Å²) in [5.74, 6) is 0.232. The van der Waals surface area contributed by atoms with E-state index in [1.54, 1.807) is 19.1 Å². The fourth-order valence-corrected chi connectivity index (χ4v) is 1.97. The molecular formula is C16H16FNO2. The van der Waals surface area contributed by atoms with Crippen molar-refractivity contribution in [1.29, 1.82) is 0 Å². The quantitative estimate of drug-likeness (QED) is 0.856. The van der Waals surface area contributed by atoms with Crippen LogP contribution in [0.3, 0.4) is 0 Å². The number of carbonyl (C=O) groups is 1. The van der Waals surface area contributed by atoms with Gasteiger partial charge >= 0.3 is 0 Å². The van der Waals surface area contributed by atoms with Gasteiger partial charge in [-0.2, -0.15) is 0 Å². The summed E-state index contributed by atoms with van der Waals surface area (Å²) in [6, 6.07) is 13.1. The molecule has 0 N–H and O–H groups in total. The number of methoxy groups -OCH3 is 1. The number of para-hydroxylation sites is 1. The Morgan fingerprint density at radius 3 is 2.45 bits per heavy atom. The molecule has 4 heteroatoms. The summed E-state index contributed by atoms with van der Waals surface area (Å²) in [5.41, 5.74) is 1.39. The first-order valence-electron chi connectivity index (χ1n) is 6.24. The SMILES string of the molecule is COc1ccccc1CN(C)C(=O)c1ccc(F)cc1. The van der Waals surface area contributed by atoms with Gasteiger partial charge in [0.2, 0.25) is 0 Å². The summed E-state index contributed by atoms with van der Waals surface area (Å²) in [6.07, 6.45) is 0. The average molecular weight is 273 g/mol. The predicted molar refractivity (Wildman–Crippen MR) is 75.2 cm³/mol. The maximum Gasteiger partial charge on any atom is 0.253 e. The molecule has 104 valence electrons. The lowest BCUT2D eigenvalue weighted by Crippen LogP contribution is -2.26. The van der Waals surface area contributed by atoms with E-state index in [0.29, 0.717) is 12.1 Å². The Balaban J connectivity index is 2.13. The summed E-state index contributed by atoms with van der Waals surface area (Å²) >= 11 is 0. The molecule has 0 aliphatic heterocycles. The number of hydrogen-bond acceptors (Lipinski definition) is 2. The standard InChI is InChI=1S/C16H16FNO2/c1-18(11-13-5-3-4-6-15(13)20-2)16(19)12-7-9-14(17)10-8-12/h3-10H,11H2,1-2H3. The average Bonchev–Trinajstić information content (AvgIpc) is 2.48. The highest BCUT2D eigenvalue weighted by Gasteiger charge is 2.13. The molecule has 0 fully saturated rings. The maximum absolute atomic E-state index is 12.9. The third-order valence-corrected chi connectivity index (χ3v) is 3.04. The molecule has 0 radical (unpaired) electrons. The smallest absolute Gasteiger partial charge is 0.253 e. The van der Waals surface area contributed by atoms with E-state index in [0.717, 1.165) is 11.3 Å². The van der Waals surface area contributed by atoms with Gasteiger partial charge in [-0.3, -0.25) is 4.79 Å². The van der Waals surface area contributed by atoms with Gasteiger partial charge < -0.3 is 9.64 Å². The molecule has 0 atom stereocenters. The van der Waals surface area contributed by atoms with Crippen molar-refractivity contribution in [2.45, 2.75) is 6.54 Å². The minimum atomic E-state index is -0.353. The van der Waals surface area contributed by atoms with Gasteiger partial charge in [-0.05, 0) is 30.3 Å². The lowest BCUT2D eigenvalue weighted by atomic mass is 10.1. The van der Waals surface area contributed by atoms with E-state index in [1.165, 1.54) is 24.3 Å². The zero-order chi connectivity index (χ0) is 14.5. The Labute approximate surface area is 117 Å². The molecule has 0 spiro atoms. The molecule has 0 unspecified atom stereocenters. The van der Waals surface area contributed by atoms with Crippen LogP contribution in [-0.4, -0.2) is 25.0 Å². The Kier molecular flexibility index (Phi) is 4.35. The zero-order valence-electron chi connectivity index (χ0n) is 11.5. The summed E-state index contributed by atoms with van der Waals surface area (Å²) < 4.78 is 18.1. The lowest BCUT2D eigenvalue weighted by molar-refractivity contribution is 0.0784. The van der Waals surface area contributed by atoms with E-state index in [-0.39, 0.29) is 11.7 Å². The molecule has 1 amide bonds. The van der Waals surface area contributed by atoms with Gasteiger partial charge in [0.05, 0.1) is 7.11 Å². The number of carbonyl (C=O) groups excluding carboxylic acids is 1. The highest BCUT2D eigenvalue weighted by molar-refractivity contribution is 5.94. The van der Waals surface area contributed by atoms with Crippen LogP contribution in [-0.2, 0) is 6.54 Å². The van der Waals surface area contributed by atoms with E-state index in [4.69, 9.17) is 4.74 Å². The molecule has 2 rings (SSSR count). The Morgan fingerprint density at radius 2 is 1.80 bits per heavy atom. The third kappa shape index (κ3) is 3.15. The van der Waals surface area contributed by atoms with Gasteiger partial charge in [0, 0.05) is 24.7 Å². The van der Waals surface area contributed by atoms with Crippen LogP contribution in [0.2, 0.25) is 0 Å². The van der Waals surface area contributed by atoms with Crippen LogP contribution in [0, 0.1) is 5.82 Å². The summed E-state index contributed by atoms with van der Waals surface area (Å²) in [4.78, 5) is 13.8. The Hall–Kier alpha value is -2.36. The fraction of sp³-hybridized carbons (Fsp3) is 0.188. The normalized spacial score (nSPS) is 10.2. The van der Waals surface area contributed by atoms with E-state index in [9.17, 15) is 9.18 Å². The van der Waals surface area contributed by atoms with Gasteiger partial charge in [0.1, 0.15) is 11.6 Å². The number of nitrogens with zero attached hydrogens (tertiary/aromatic N) is 1. The van der Waals surface area contributed by atoms with Crippen molar-refractivity contribution in [3.8, 4) is 5.75 Å². The summed E-state index contributed by atoms with van der Waals surface area (Å²) in [5, 5.41) is 0. The molecule has 0 aliphatic carbocycles. The number of halogens is 1. The Morgan fingerprint density at radius 1 is 1.15 bits per heavy atom. The largest absolute Gasteiger partial charge is 0.496 e. The van der Waals surface area contributed by atoms with Crippen LogP contribution in [0.4, 0.5) is 4.39 Å². The van der Waals surface area contributed by atoms with Crippen molar-refractivity contribution in [3.63, 3.8) is 0 Å². The fourth-order valence-electron chi connectivity index (χ4n) is 1.97. The van der Waals surface area contributed by atoms with E-state index in [2.05, 4.69) is 0 Å².